The summed E-state index contributed by atoms with van der Waals surface area (Å²) in [6.45, 7) is 1.52. The van der Waals surface area contributed by atoms with Gasteiger partial charge in [0.05, 0.1) is 25.9 Å². The Balaban J connectivity index is 1.37. The highest BCUT2D eigenvalue weighted by Crippen LogP contribution is 2.39. The average Bonchev–Trinajstić information content (AvgIpc) is 2.51. The van der Waals surface area contributed by atoms with Gasteiger partial charge < -0.3 is 18.9 Å². The van der Waals surface area contributed by atoms with Crippen LogP contribution in [0.5, 0.6) is 5.75 Å². The maximum absolute atomic E-state index is 12.7. The lowest BCUT2D eigenvalue weighted by atomic mass is 9.91. The van der Waals surface area contributed by atoms with Gasteiger partial charge in [0.25, 0.3) is 5.92 Å². The zero-order valence-corrected chi connectivity index (χ0v) is 14.1. The number of rotatable bonds is 6. The van der Waals surface area contributed by atoms with Gasteiger partial charge in [-0.25, -0.2) is 8.78 Å². The van der Waals surface area contributed by atoms with E-state index in [9.17, 15) is 8.78 Å². The second-order valence-electron chi connectivity index (χ2n) is 5.90. The predicted octanol–water partition coefficient (Wildman–Crippen LogP) is 3.43. The average molecular weight is 393 g/mol. The number of benzene rings is 1. The Morgan fingerprint density at radius 3 is 2.39 bits per heavy atom. The summed E-state index contributed by atoms with van der Waals surface area (Å²) in [7, 11) is 0. The largest absolute Gasteiger partial charge is 0.491 e. The van der Waals surface area contributed by atoms with Gasteiger partial charge in [-0.2, -0.15) is 0 Å². The molecule has 2 unspecified atom stereocenters. The lowest BCUT2D eigenvalue weighted by Gasteiger charge is -2.36. The quantitative estimate of drug-likeness (QED) is 0.742. The van der Waals surface area contributed by atoms with Crippen molar-refractivity contribution < 1.29 is 27.7 Å². The molecule has 0 amide bonds. The van der Waals surface area contributed by atoms with Crippen molar-refractivity contribution in [3.63, 3.8) is 0 Å². The van der Waals surface area contributed by atoms with Crippen LogP contribution < -0.4 is 4.74 Å². The van der Waals surface area contributed by atoms with Crippen molar-refractivity contribution in [1.29, 1.82) is 0 Å². The molecule has 2 atom stereocenters. The summed E-state index contributed by atoms with van der Waals surface area (Å²) in [5, 5.41) is 0. The molecule has 1 aliphatic heterocycles. The number of ether oxygens (including phenoxy) is 4. The predicted molar refractivity (Wildman–Crippen MR) is 83.0 cm³/mol. The van der Waals surface area contributed by atoms with E-state index in [0.717, 1.165) is 10.2 Å². The smallest absolute Gasteiger partial charge is 0.253 e. The van der Waals surface area contributed by atoms with Crippen LogP contribution in [0.15, 0.2) is 28.7 Å². The van der Waals surface area contributed by atoms with Crippen LogP contribution >= 0.6 is 15.9 Å². The minimum absolute atomic E-state index is 0.191. The second-order valence-corrected chi connectivity index (χ2v) is 6.82. The number of hydrogen-bond acceptors (Lipinski definition) is 4. The molecule has 0 radical (unpaired) electrons. The first-order chi connectivity index (χ1) is 11.0. The van der Waals surface area contributed by atoms with Crippen LogP contribution in [0.25, 0.3) is 0 Å². The van der Waals surface area contributed by atoms with Gasteiger partial charge in [-0.15, -0.1) is 0 Å². The molecule has 2 aliphatic rings. The zero-order valence-electron chi connectivity index (χ0n) is 12.6. The van der Waals surface area contributed by atoms with Crippen molar-refractivity contribution in [3.05, 3.63) is 28.7 Å². The lowest BCUT2D eigenvalue weighted by Crippen LogP contribution is -2.45. The Hall–Kier alpha value is -0.760. The summed E-state index contributed by atoms with van der Waals surface area (Å²) in [5.74, 6) is -1.80. The molecule has 23 heavy (non-hydrogen) atoms. The van der Waals surface area contributed by atoms with E-state index in [-0.39, 0.29) is 37.8 Å². The van der Waals surface area contributed by atoms with Gasteiger partial charge in [0.2, 0.25) is 0 Å². The van der Waals surface area contributed by atoms with Crippen molar-refractivity contribution in [2.45, 2.75) is 37.1 Å². The van der Waals surface area contributed by atoms with E-state index in [1.54, 1.807) is 0 Å². The Morgan fingerprint density at radius 2 is 1.74 bits per heavy atom. The van der Waals surface area contributed by atoms with Gasteiger partial charge >= 0.3 is 0 Å². The molecular formula is C16H19BrF2O4. The molecule has 1 saturated carbocycles. The van der Waals surface area contributed by atoms with Crippen LogP contribution in [0.3, 0.4) is 0 Å². The Bertz CT molecular complexity index is 503. The SMILES string of the molecule is FC1(F)CC(OCC2COCC(COc3ccc(Br)cc3)O2)C1. The normalized spacial score (nSPS) is 27.4. The molecule has 1 aromatic carbocycles. The third-order valence-corrected chi connectivity index (χ3v) is 4.34. The topological polar surface area (TPSA) is 36.9 Å². The summed E-state index contributed by atoms with van der Waals surface area (Å²) in [6, 6.07) is 7.54. The van der Waals surface area contributed by atoms with Crippen molar-refractivity contribution in [2.75, 3.05) is 26.4 Å². The Kier molecular flexibility index (Phi) is 5.51. The highest BCUT2D eigenvalue weighted by molar-refractivity contribution is 9.10. The number of halogens is 3. The van der Waals surface area contributed by atoms with Gasteiger partial charge in [-0.1, -0.05) is 15.9 Å². The van der Waals surface area contributed by atoms with Crippen molar-refractivity contribution in [3.8, 4) is 5.75 Å². The molecule has 1 aromatic rings. The van der Waals surface area contributed by atoms with E-state index < -0.39 is 5.92 Å². The summed E-state index contributed by atoms with van der Waals surface area (Å²) in [5.41, 5.74) is 0. The fraction of sp³-hybridized carbons (Fsp3) is 0.625. The maximum Gasteiger partial charge on any atom is 0.253 e. The van der Waals surface area contributed by atoms with Crippen LogP contribution in [0.4, 0.5) is 8.78 Å². The van der Waals surface area contributed by atoms with Gasteiger partial charge in [0, 0.05) is 17.3 Å². The van der Waals surface area contributed by atoms with Crippen LogP contribution in [-0.4, -0.2) is 50.7 Å². The number of alkyl halides is 2. The van der Waals surface area contributed by atoms with Crippen LogP contribution in [0.2, 0.25) is 0 Å². The molecule has 1 saturated heterocycles. The van der Waals surface area contributed by atoms with E-state index in [1.807, 2.05) is 24.3 Å². The Labute approximate surface area is 142 Å². The van der Waals surface area contributed by atoms with Crippen molar-refractivity contribution >= 4 is 15.9 Å². The van der Waals surface area contributed by atoms with Gasteiger partial charge in [0.1, 0.15) is 24.6 Å². The van der Waals surface area contributed by atoms with E-state index in [1.165, 1.54) is 0 Å². The molecule has 7 heteroatoms. The summed E-state index contributed by atoms with van der Waals surface area (Å²) < 4.78 is 48.9. The molecule has 2 fully saturated rings. The molecule has 0 spiro atoms. The molecular weight excluding hydrogens is 374 g/mol. The monoisotopic (exact) mass is 392 g/mol. The van der Waals surface area contributed by atoms with Gasteiger partial charge in [0.15, 0.2) is 0 Å². The minimum atomic E-state index is -2.56. The van der Waals surface area contributed by atoms with E-state index >= 15 is 0 Å². The fourth-order valence-corrected chi connectivity index (χ4v) is 2.81. The summed E-state index contributed by atoms with van der Waals surface area (Å²) in [4.78, 5) is 0. The highest BCUT2D eigenvalue weighted by Gasteiger charge is 2.46. The summed E-state index contributed by atoms with van der Waals surface area (Å²) >= 11 is 3.37. The summed E-state index contributed by atoms with van der Waals surface area (Å²) in [6.07, 6.45) is -1.19. The molecule has 1 heterocycles. The van der Waals surface area contributed by atoms with E-state index in [0.29, 0.717) is 19.8 Å². The first-order valence-electron chi connectivity index (χ1n) is 7.61. The molecule has 128 valence electrons. The molecule has 1 aliphatic carbocycles. The van der Waals surface area contributed by atoms with Gasteiger partial charge in [-0.3, -0.25) is 0 Å². The van der Waals surface area contributed by atoms with E-state index in [4.69, 9.17) is 18.9 Å². The second kappa shape index (κ2) is 7.42. The van der Waals surface area contributed by atoms with Crippen LogP contribution in [-0.2, 0) is 14.2 Å². The fourth-order valence-electron chi connectivity index (χ4n) is 2.54. The van der Waals surface area contributed by atoms with Crippen molar-refractivity contribution in [1.82, 2.24) is 0 Å². The third-order valence-electron chi connectivity index (χ3n) is 3.81. The molecule has 0 bridgehead atoms. The molecule has 0 N–H and O–H groups in total. The lowest BCUT2D eigenvalue weighted by molar-refractivity contribution is -0.203. The third kappa shape index (κ3) is 5.11. The van der Waals surface area contributed by atoms with Crippen molar-refractivity contribution in [2.24, 2.45) is 0 Å². The highest BCUT2D eigenvalue weighted by atomic mass is 79.9. The molecule has 0 aromatic heterocycles. The molecule has 3 rings (SSSR count). The standard InChI is InChI=1S/C16H19BrF2O4/c17-11-1-3-12(4-2-11)21-9-14-7-20-8-15(23-14)10-22-13-5-16(18,19)6-13/h1-4,13-15H,5-10H2. The zero-order chi connectivity index (χ0) is 16.3. The Morgan fingerprint density at radius 1 is 1.09 bits per heavy atom. The maximum atomic E-state index is 12.7. The first-order valence-corrected chi connectivity index (χ1v) is 8.40. The van der Waals surface area contributed by atoms with Crippen LogP contribution in [0, 0.1) is 0 Å². The van der Waals surface area contributed by atoms with E-state index in [2.05, 4.69) is 15.9 Å². The first kappa shape index (κ1) is 17.1. The van der Waals surface area contributed by atoms with Crippen LogP contribution in [0.1, 0.15) is 12.8 Å². The van der Waals surface area contributed by atoms with Gasteiger partial charge in [-0.05, 0) is 24.3 Å². The number of hydrogen-bond donors (Lipinski definition) is 0. The minimum Gasteiger partial charge on any atom is -0.491 e. The molecule has 4 nitrogen and oxygen atoms in total.